The monoisotopic (exact) mass is 293 g/mol. The van der Waals surface area contributed by atoms with Gasteiger partial charge in [0, 0.05) is 4.88 Å². The van der Waals surface area contributed by atoms with Crippen molar-refractivity contribution in [3.05, 3.63) is 14.7 Å². The molecule has 76 valence electrons. The number of rotatable bonds is 3. The van der Waals surface area contributed by atoms with Crippen LogP contribution >= 0.6 is 27.3 Å². The van der Waals surface area contributed by atoms with Gasteiger partial charge in [0.25, 0.3) is 0 Å². The molecule has 6 heteroatoms. The average molecular weight is 294 g/mol. The molecule has 14 heavy (non-hydrogen) atoms. The smallest absolute Gasteiger partial charge is 0.207 e. The molecule has 0 aliphatic heterocycles. The minimum Gasteiger partial charge on any atom is -0.207 e. The van der Waals surface area contributed by atoms with Gasteiger partial charge < -0.3 is 0 Å². The topological polar surface area (TPSA) is 46.2 Å². The maximum absolute atomic E-state index is 11.6. The number of hydrogen-bond acceptors (Lipinski definition) is 3. The Labute approximate surface area is 95.7 Å². The summed E-state index contributed by atoms with van der Waals surface area (Å²) >= 11 is 4.60. The van der Waals surface area contributed by atoms with Crippen molar-refractivity contribution in [2.24, 2.45) is 0 Å². The predicted molar refractivity (Wildman–Crippen MR) is 60.8 cm³/mol. The summed E-state index contributed by atoms with van der Waals surface area (Å²) in [5, 5.41) is 0. The van der Waals surface area contributed by atoms with E-state index in [0.29, 0.717) is 0 Å². The molecule has 1 aromatic rings. The standard InChI is InChI=1S/C8H8BrNO2S2/c1-3-4-10-14(11,12)7-5-8(9)13-6(7)2/h1,5,10H,4H2,2H3. The Bertz CT molecular complexity index is 470. The molecule has 1 rings (SSSR count). The number of terminal acetylenes is 1. The number of halogens is 1. The van der Waals surface area contributed by atoms with Crippen molar-refractivity contribution in [3.8, 4) is 12.3 Å². The van der Waals surface area contributed by atoms with Crippen LogP contribution in [0.5, 0.6) is 0 Å². The highest BCUT2D eigenvalue weighted by atomic mass is 79.9. The lowest BCUT2D eigenvalue weighted by Gasteiger charge is -2.01. The van der Waals surface area contributed by atoms with Gasteiger partial charge in [-0.05, 0) is 28.9 Å². The fourth-order valence-corrected chi connectivity index (χ4v) is 4.26. The van der Waals surface area contributed by atoms with Gasteiger partial charge in [-0.1, -0.05) is 5.92 Å². The van der Waals surface area contributed by atoms with E-state index in [-0.39, 0.29) is 11.4 Å². The van der Waals surface area contributed by atoms with E-state index in [1.807, 2.05) is 0 Å². The minimum absolute atomic E-state index is 0.00917. The second kappa shape index (κ2) is 4.45. The Hall–Kier alpha value is -0.350. The van der Waals surface area contributed by atoms with Crippen LogP contribution in [0.4, 0.5) is 0 Å². The molecule has 3 nitrogen and oxygen atoms in total. The van der Waals surface area contributed by atoms with Gasteiger partial charge in [-0.15, -0.1) is 17.8 Å². The first-order valence-corrected chi connectivity index (χ1v) is 6.75. The molecule has 0 aromatic carbocycles. The second-order valence-corrected chi connectivity index (χ2v) is 6.87. The van der Waals surface area contributed by atoms with Crippen molar-refractivity contribution in [2.45, 2.75) is 11.8 Å². The summed E-state index contributed by atoms with van der Waals surface area (Å²) in [4.78, 5) is 1.02. The molecule has 0 aliphatic rings. The zero-order valence-corrected chi connectivity index (χ0v) is 10.6. The summed E-state index contributed by atoms with van der Waals surface area (Å²) in [5.41, 5.74) is 0. The van der Waals surface area contributed by atoms with Crippen molar-refractivity contribution in [1.82, 2.24) is 4.72 Å². The van der Waals surface area contributed by atoms with Gasteiger partial charge in [0.2, 0.25) is 10.0 Å². The minimum atomic E-state index is -3.44. The van der Waals surface area contributed by atoms with Crippen molar-refractivity contribution < 1.29 is 8.42 Å². The molecule has 0 radical (unpaired) electrons. The van der Waals surface area contributed by atoms with Gasteiger partial charge in [-0.2, -0.15) is 4.72 Å². The molecule has 0 fully saturated rings. The first kappa shape index (κ1) is 11.7. The van der Waals surface area contributed by atoms with E-state index >= 15 is 0 Å². The molecule has 0 unspecified atom stereocenters. The molecule has 0 spiro atoms. The van der Waals surface area contributed by atoms with E-state index in [9.17, 15) is 8.42 Å². The molecule has 1 heterocycles. The number of hydrogen-bond donors (Lipinski definition) is 1. The Balaban J connectivity index is 3.05. The third kappa shape index (κ3) is 2.58. The van der Waals surface area contributed by atoms with Crippen molar-refractivity contribution >= 4 is 37.3 Å². The molecule has 0 saturated heterocycles. The molecule has 0 saturated carbocycles. The van der Waals surface area contributed by atoms with E-state index < -0.39 is 10.0 Å². The largest absolute Gasteiger partial charge is 0.242 e. The lowest BCUT2D eigenvalue weighted by atomic mass is 10.5. The lowest BCUT2D eigenvalue weighted by Crippen LogP contribution is -2.23. The zero-order valence-electron chi connectivity index (χ0n) is 7.37. The quantitative estimate of drug-likeness (QED) is 0.863. The summed E-state index contributed by atoms with van der Waals surface area (Å²) in [6.07, 6.45) is 4.97. The highest BCUT2D eigenvalue weighted by Gasteiger charge is 2.18. The molecule has 0 amide bonds. The molecule has 1 aromatic heterocycles. The van der Waals surface area contributed by atoms with Crippen LogP contribution in [0.3, 0.4) is 0 Å². The van der Waals surface area contributed by atoms with Crippen LogP contribution in [-0.4, -0.2) is 15.0 Å². The Kier molecular flexibility index (Phi) is 3.72. The predicted octanol–water partition coefficient (Wildman–Crippen LogP) is 1.73. The number of thiophene rings is 1. The third-order valence-electron chi connectivity index (χ3n) is 1.50. The SMILES string of the molecule is C#CCNS(=O)(=O)c1cc(Br)sc1C. The average Bonchev–Trinajstić information content (AvgIpc) is 2.42. The number of nitrogens with one attached hydrogen (secondary N) is 1. The number of aryl methyl sites for hydroxylation is 1. The van der Waals surface area contributed by atoms with Gasteiger partial charge in [-0.25, -0.2) is 8.42 Å². The van der Waals surface area contributed by atoms with E-state index in [4.69, 9.17) is 6.42 Å². The van der Waals surface area contributed by atoms with Crippen LogP contribution in [0.1, 0.15) is 4.88 Å². The fraction of sp³-hybridized carbons (Fsp3) is 0.250. The second-order valence-electron chi connectivity index (χ2n) is 2.50. The van der Waals surface area contributed by atoms with Crippen molar-refractivity contribution in [1.29, 1.82) is 0 Å². The van der Waals surface area contributed by atoms with E-state index in [2.05, 4.69) is 26.6 Å². The molecule has 0 bridgehead atoms. The first-order valence-electron chi connectivity index (χ1n) is 3.66. The summed E-state index contributed by atoms with van der Waals surface area (Å²) in [5.74, 6) is 2.22. The van der Waals surface area contributed by atoms with E-state index in [1.165, 1.54) is 11.3 Å². The van der Waals surface area contributed by atoms with Crippen molar-refractivity contribution in [2.75, 3.05) is 6.54 Å². The van der Waals surface area contributed by atoms with Gasteiger partial charge in [0.15, 0.2) is 0 Å². The lowest BCUT2D eigenvalue weighted by molar-refractivity contribution is 0.586. The maximum Gasteiger partial charge on any atom is 0.242 e. The van der Waals surface area contributed by atoms with Crippen LogP contribution in [-0.2, 0) is 10.0 Å². The normalized spacial score (nSPS) is 11.2. The summed E-state index contributed by atoms with van der Waals surface area (Å²) in [6, 6.07) is 1.57. The Morgan fingerprint density at radius 2 is 2.36 bits per heavy atom. The fourth-order valence-electron chi connectivity index (χ4n) is 0.912. The highest BCUT2D eigenvalue weighted by Crippen LogP contribution is 2.29. The molecular formula is C8H8BrNO2S2. The summed E-state index contributed by atoms with van der Waals surface area (Å²) in [7, 11) is -3.44. The molecule has 0 aliphatic carbocycles. The Morgan fingerprint density at radius 1 is 1.71 bits per heavy atom. The number of sulfonamides is 1. The highest BCUT2D eigenvalue weighted by molar-refractivity contribution is 9.11. The van der Waals surface area contributed by atoms with Crippen LogP contribution in [0, 0.1) is 19.3 Å². The molecule has 1 N–H and O–H groups in total. The van der Waals surface area contributed by atoms with Crippen LogP contribution in [0.2, 0.25) is 0 Å². The molecular weight excluding hydrogens is 286 g/mol. The maximum atomic E-state index is 11.6. The van der Waals surface area contributed by atoms with Crippen LogP contribution < -0.4 is 4.72 Å². The zero-order chi connectivity index (χ0) is 10.8. The first-order chi connectivity index (χ1) is 6.47. The van der Waals surface area contributed by atoms with Crippen LogP contribution in [0.25, 0.3) is 0 Å². The van der Waals surface area contributed by atoms with Crippen molar-refractivity contribution in [3.63, 3.8) is 0 Å². The van der Waals surface area contributed by atoms with Gasteiger partial charge >= 0.3 is 0 Å². The summed E-state index contributed by atoms with van der Waals surface area (Å²) < 4.78 is 26.3. The Morgan fingerprint density at radius 3 is 2.79 bits per heavy atom. The van der Waals surface area contributed by atoms with E-state index in [1.54, 1.807) is 13.0 Å². The molecule has 0 atom stereocenters. The van der Waals surface area contributed by atoms with Crippen LogP contribution in [0.15, 0.2) is 14.7 Å². The third-order valence-corrected chi connectivity index (χ3v) is 4.71. The summed E-state index contributed by atoms with van der Waals surface area (Å²) in [6.45, 7) is 1.76. The van der Waals surface area contributed by atoms with Gasteiger partial charge in [0.1, 0.15) is 0 Å². The van der Waals surface area contributed by atoms with E-state index in [0.717, 1.165) is 8.66 Å². The van der Waals surface area contributed by atoms with Gasteiger partial charge in [-0.3, -0.25) is 0 Å². The van der Waals surface area contributed by atoms with Gasteiger partial charge in [0.05, 0.1) is 15.2 Å².